The normalized spacial score (nSPS) is 13.0. The van der Waals surface area contributed by atoms with Crippen LogP contribution < -0.4 is 14.2 Å². The van der Waals surface area contributed by atoms with Gasteiger partial charge in [0.25, 0.3) is 0 Å². The van der Waals surface area contributed by atoms with Gasteiger partial charge < -0.3 is 19.1 Å². The van der Waals surface area contributed by atoms with Crippen LogP contribution in [-0.4, -0.2) is 43.2 Å². The maximum absolute atomic E-state index is 13.0. The van der Waals surface area contributed by atoms with Gasteiger partial charge in [0.05, 0.1) is 26.5 Å². The number of carbonyl (C=O) groups is 1. The molecule has 0 atom stereocenters. The molecule has 0 saturated heterocycles. The number of methoxy groups -OCH3 is 2. The Morgan fingerprint density at radius 1 is 1.09 bits per heavy atom. The van der Waals surface area contributed by atoms with Crippen molar-refractivity contribution in [2.75, 3.05) is 27.4 Å². The van der Waals surface area contributed by atoms with Crippen LogP contribution in [-0.2, 0) is 17.8 Å². The minimum atomic E-state index is 0.117. The first-order valence-electron chi connectivity index (χ1n) is 10.8. The van der Waals surface area contributed by atoms with Crippen molar-refractivity contribution in [1.29, 1.82) is 0 Å². The third-order valence-corrected chi connectivity index (χ3v) is 5.65. The molecule has 3 aromatic rings. The molecule has 32 heavy (non-hydrogen) atoms. The van der Waals surface area contributed by atoms with Gasteiger partial charge >= 0.3 is 0 Å². The summed E-state index contributed by atoms with van der Waals surface area (Å²) in [5, 5.41) is 0. The maximum atomic E-state index is 13.0. The van der Waals surface area contributed by atoms with Crippen LogP contribution in [0.25, 0.3) is 11.3 Å². The van der Waals surface area contributed by atoms with E-state index in [2.05, 4.69) is 36.2 Å². The van der Waals surface area contributed by atoms with Crippen molar-refractivity contribution < 1.29 is 19.0 Å². The molecule has 4 rings (SSSR count). The van der Waals surface area contributed by atoms with Crippen molar-refractivity contribution in [2.45, 2.75) is 26.3 Å². The van der Waals surface area contributed by atoms with Crippen molar-refractivity contribution in [2.24, 2.45) is 0 Å². The molecule has 0 bridgehead atoms. The van der Waals surface area contributed by atoms with Crippen LogP contribution in [0.5, 0.6) is 17.4 Å². The number of nitrogens with zero attached hydrogens (tertiary/aromatic N) is 2. The van der Waals surface area contributed by atoms with Gasteiger partial charge in [-0.2, -0.15) is 0 Å². The van der Waals surface area contributed by atoms with Crippen LogP contribution in [0.4, 0.5) is 0 Å². The molecular weight excluding hydrogens is 404 g/mol. The lowest BCUT2D eigenvalue weighted by Crippen LogP contribution is -2.32. The largest absolute Gasteiger partial charge is 0.493 e. The van der Waals surface area contributed by atoms with Gasteiger partial charge in [-0.05, 0) is 37.1 Å². The second kappa shape index (κ2) is 9.73. The third kappa shape index (κ3) is 4.85. The molecule has 166 valence electrons. The van der Waals surface area contributed by atoms with Gasteiger partial charge in [-0.25, -0.2) is 4.98 Å². The Bertz CT molecular complexity index is 1100. The molecule has 0 saturated carbocycles. The maximum Gasteiger partial charge on any atom is 0.223 e. The number of aromatic nitrogens is 1. The summed E-state index contributed by atoms with van der Waals surface area (Å²) in [6.07, 6.45) is 1.19. The van der Waals surface area contributed by atoms with Gasteiger partial charge in [-0.15, -0.1) is 0 Å². The molecule has 0 radical (unpaired) electrons. The van der Waals surface area contributed by atoms with E-state index >= 15 is 0 Å². The molecule has 1 aliphatic rings. The fourth-order valence-electron chi connectivity index (χ4n) is 3.85. The van der Waals surface area contributed by atoms with E-state index in [4.69, 9.17) is 14.2 Å². The highest BCUT2D eigenvalue weighted by Crippen LogP contribution is 2.38. The number of aryl methyl sites for hydroxylation is 2. The van der Waals surface area contributed by atoms with Crippen LogP contribution in [0.1, 0.15) is 23.1 Å². The number of fused-ring (bicyclic) bond motifs is 1. The van der Waals surface area contributed by atoms with Crippen LogP contribution in [0.2, 0.25) is 0 Å². The lowest BCUT2D eigenvalue weighted by atomic mass is 10.0. The minimum Gasteiger partial charge on any atom is -0.493 e. The fourth-order valence-corrected chi connectivity index (χ4v) is 3.85. The van der Waals surface area contributed by atoms with Gasteiger partial charge in [0.1, 0.15) is 6.61 Å². The molecule has 0 fully saturated rings. The topological polar surface area (TPSA) is 60.9 Å². The fraction of sp³-hybridized carbons (Fsp3) is 0.308. The van der Waals surface area contributed by atoms with Gasteiger partial charge in [0.2, 0.25) is 11.8 Å². The molecule has 1 aromatic heterocycles. The number of hydrogen-bond acceptors (Lipinski definition) is 5. The number of benzene rings is 2. The Balaban J connectivity index is 1.56. The van der Waals surface area contributed by atoms with Gasteiger partial charge in [0, 0.05) is 30.2 Å². The molecule has 0 aliphatic carbocycles. The second-order valence-corrected chi connectivity index (χ2v) is 7.88. The minimum absolute atomic E-state index is 0.117. The van der Waals surface area contributed by atoms with E-state index in [0.29, 0.717) is 43.5 Å². The molecule has 0 unspecified atom stereocenters. The van der Waals surface area contributed by atoms with Gasteiger partial charge in [0.15, 0.2) is 11.5 Å². The molecule has 6 heteroatoms. The predicted molar refractivity (Wildman–Crippen MR) is 123 cm³/mol. The average Bonchev–Trinajstić information content (AvgIpc) is 3.05. The zero-order valence-corrected chi connectivity index (χ0v) is 18.8. The zero-order valence-electron chi connectivity index (χ0n) is 18.8. The van der Waals surface area contributed by atoms with Crippen molar-refractivity contribution in [1.82, 2.24) is 9.88 Å². The number of rotatable bonds is 6. The first-order valence-corrected chi connectivity index (χ1v) is 10.8. The summed E-state index contributed by atoms with van der Waals surface area (Å²) in [6, 6.07) is 17.9. The van der Waals surface area contributed by atoms with Crippen molar-refractivity contribution in [3.8, 4) is 28.6 Å². The summed E-state index contributed by atoms with van der Waals surface area (Å²) in [5.74, 6) is 1.98. The van der Waals surface area contributed by atoms with Gasteiger partial charge in [-0.3, -0.25) is 4.79 Å². The highest BCUT2D eigenvalue weighted by atomic mass is 16.5. The number of pyridine rings is 1. The van der Waals surface area contributed by atoms with Crippen LogP contribution in [0, 0.1) is 6.92 Å². The molecule has 1 aliphatic heterocycles. The Hall–Kier alpha value is -3.54. The van der Waals surface area contributed by atoms with Gasteiger partial charge in [-0.1, -0.05) is 35.9 Å². The molecule has 1 amide bonds. The summed E-state index contributed by atoms with van der Waals surface area (Å²) >= 11 is 0. The zero-order chi connectivity index (χ0) is 22.5. The van der Waals surface area contributed by atoms with Crippen molar-refractivity contribution in [3.05, 3.63) is 71.3 Å². The highest BCUT2D eigenvalue weighted by molar-refractivity contribution is 5.77. The van der Waals surface area contributed by atoms with Crippen molar-refractivity contribution in [3.63, 3.8) is 0 Å². The third-order valence-electron chi connectivity index (χ3n) is 5.65. The van der Waals surface area contributed by atoms with Crippen LogP contribution >= 0.6 is 0 Å². The Morgan fingerprint density at radius 2 is 1.91 bits per heavy atom. The molecule has 0 spiro atoms. The lowest BCUT2D eigenvalue weighted by molar-refractivity contribution is -0.131. The first kappa shape index (κ1) is 21.7. The first-order chi connectivity index (χ1) is 15.6. The number of hydrogen-bond donors (Lipinski definition) is 0. The summed E-state index contributed by atoms with van der Waals surface area (Å²) in [4.78, 5) is 19.4. The Morgan fingerprint density at radius 3 is 2.66 bits per heavy atom. The van der Waals surface area contributed by atoms with Crippen LogP contribution in [0.15, 0.2) is 54.6 Å². The molecule has 6 nitrogen and oxygen atoms in total. The standard InChI is InChI=1S/C26H28N2O4/c1-18-7-9-19(10-8-18)11-12-25(29)28-13-14-32-26-21(17-28)15-20(16-23(26)30-2)22-5-4-6-24(27-22)31-3/h4-10,15-16H,11-14,17H2,1-3H3. The Kier molecular flexibility index (Phi) is 6.59. The summed E-state index contributed by atoms with van der Waals surface area (Å²) < 4.78 is 16.9. The molecule has 2 aromatic carbocycles. The van der Waals surface area contributed by atoms with E-state index in [0.717, 1.165) is 23.2 Å². The number of ether oxygens (including phenoxy) is 3. The highest BCUT2D eigenvalue weighted by Gasteiger charge is 2.23. The lowest BCUT2D eigenvalue weighted by Gasteiger charge is -2.20. The smallest absolute Gasteiger partial charge is 0.223 e. The summed E-state index contributed by atoms with van der Waals surface area (Å²) in [7, 11) is 3.22. The van der Waals surface area contributed by atoms with E-state index in [1.807, 2.05) is 35.2 Å². The van der Waals surface area contributed by atoms with Crippen LogP contribution in [0.3, 0.4) is 0 Å². The van der Waals surface area contributed by atoms with E-state index in [1.165, 1.54) is 11.1 Å². The van der Waals surface area contributed by atoms with E-state index in [-0.39, 0.29) is 5.91 Å². The quantitative estimate of drug-likeness (QED) is 0.577. The number of carbonyl (C=O) groups excluding carboxylic acids is 1. The SMILES string of the molecule is COc1cccc(-c2cc3c(c(OC)c2)OCCN(C(=O)CCc2ccc(C)cc2)C3)n1. The molecule has 2 heterocycles. The average molecular weight is 433 g/mol. The number of amides is 1. The monoisotopic (exact) mass is 432 g/mol. The molecule has 0 N–H and O–H groups in total. The van der Waals surface area contributed by atoms with E-state index in [1.54, 1.807) is 14.2 Å². The second-order valence-electron chi connectivity index (χ2n) is 7.88. The molecular formula is C26H28N2O4. The summed E-state index contributed by atoms with van der Waals surface area (Å²) in [5.41, 5.74) is 4.95. The van der Waals surface area contributed by atoms with E-state index in [9.17, 15) is 4.79 Å². The predicted octanol–water partition coefficient (Wildman–Crippen LogP) is 4.43. The summed E-state index contributed by atoms with van der Waals surface area (Å²) in [6.45, 7) is 3.50. The van der Waals surface area contributed by atoms with E-state index < -0.39 is 0 Å². The van der Waals surface area contributed by atoms with Crippen molar-refractivity contribution >= 4 is 5.91 Å². The Labute approximate surface area is 188 Å².